The summed E-state index contributed by atoms with van der Waals surface area (Å²) in [6.07, 6.45) is 4.97. The van der Waals surface area contributed by atoms with E-state index >= 15 is 0 Å². The van der Waals surface area contributed by atoms with Crippen molar-refractivity contribution < 1.29 is 13.1 Å². The zero-order valence-corrected chi connectivity index (χ0v) is 10.4. The first-order valence-electron chi connectivity index (χ1n) is 7.81. The molecule has 5 nitrogen and oxygen atoms in total. The minimum atomic E-state index is -2.34. The van der Waals surface area contributed by atoms with Gasteiger partial charge in [-0.25, -0.2) is 0 Å². The van der Waals surface area contributed by atoms with E-state index < -0.39 is 6.98 Å². The summed E-state index contributed by atoms with van der Waals surface area (Å²) >= 11 is 0. The van der Waals surface area contributed by atoms with Gasteiger partial charge in [0, 0.05) is 23.5 Å². The van der Waals surface area contributed by atoms with Crippen molar-refractivity contribution in [2.75, 3.05) is 0 Å². The normalized spacial score (nSPS) is 15.9. The molecule has 96 valence electrons. The number of aromatic nitrogens is 4. The molecule has 0 aliphatic carbocycles. The number of pyridine rings is 2. The molecule has 0 radical (unpaired) electrons. The van der Waals surface area contributed by atoms with E-state index in [4.69, 9.17) is 8.53 Å². The summed E-state index contributed by atoms with van der Waals surface area (Å²) in [6, 6.07) is 5.60. The lowest BCUT2D eigenvalue weighted by molar-refractivity contribution is -0.649. The molecular weight excluding hydrogens is 252 g/mol. The predicted molar refractivity (Wildman–Crippen MR) is 73.0 cm³/mol. The van der Waals surface area contributed by atoms with Crippen molar-refractivity contribution in [2.45, 2.75) is 6.54 Å². The molecule has 0 aromatic carbocycles. The quantitative estimate of drug-likeness (QED) is 0.403. The van der Waals surface area contributed by atoms with Crippen molar-refractivity contribution >= 4 is 22.1 Å². The van der Waals surface area contributed by atoms with E-state index in [2.05, 4.69) is 9.97 Å². The molecule has 0 saturated heterocycles. The van der Waals surface area contributed by atoms with Gasteiger partial charge in [-0.2, -0.15) is 0 Å². The smallest absolute Gasteiger partial charge is 0.380 e. The van der Waals surface area contributed by atoms with E-state index in [0.29, 0.717) is 23.7 Å². The van der Waals surface area contributed by atoms with Crippen LogP contribution < -0.4 is 4.57 Å². The molecule has 20 heavy (non-hydrogen) atoms. The lowest BCUT2D eigenvalue weighted by Gasteiger charge is -1.93. The van der Waals surface area contributed by atoms with E-state index in [9.17, 15) is 0 Å². The van der Waals surface area contributed by atoms with Crippen molar-refractivity contribution in [2.24, 2.45) is 6.98 Å². The molecule has 0 spiro atoms. The van der Waals surface area contributed by atoms with Gasteiger partial charge in [0.05, 0.1) is 17.1 Å². The number of nitrogens with zero attached hydrogens (tertiary/aromatic N) is 4. The van der Waals surface area contributed by atoms with Crippen molar-refractivity contribution in [1.29, 1.82) is 0 Å². The van der Waals surface area contributed by atoms with Crippen LogP contribution in [0.2, 0.25) is 0 Å². The average Bonchev–Trinajstić information content (AvgIpc) is 3.12. The molecule has 0 unspecified atom stereocenters. The van der Waals surface area contributed by atoms with Crippen LogP contribution in [0.15, 0.2) is 41.2 Å². The molecule has 0 atom stereocenters. The Morgan fingerprint density at radius 2 is 2.40 bits per heavy atom. The Morgan fingerprint density at radius 3 is 3.35 bits per heavy atom. The first-order valence-corrected chi connectivity index (χ1v) is 6.31. The third-order valence-electron chi connectivity index (χ3n) is 3.84. The van der Waals surface area contributed by atoms with Crippen LogP contribution in [0.4, 0.5) is 0 Å². The second kappa shape index (κ2) is 3.25. The highest BCUT2D eigenvalue weighted by Gasteiger charge is 2.37. The highest BCUT2D eigenvalue weighted by atomic mass is 16.4. The summed E-state index contributed by atoms with van der Waals surface area (Å²) in [5.74, 6) is 0.648. The van der Waals surface area contributed by atoms with Crippen molar-refractivity contribution in [1.82, 2.24) is 14.5 Å². The minimum absolute atomic E-state index is 0.345. The molecule has 5 heterocycles. The van der Waals surface area contributed by atoms with Crippen LogP contribution in [0.1, 0.15) is 9.81 Å². The van der Waals surface area contributed by atoms with Crippen LogP contribution >= 0.6 is 0 Å². The van der Waals surface area contributed by atoms with Crippen LogP contribution in [-0.4, -0.2) is 14.5 Å². The maximum absolute atomic E-state index is 7.84. The van der Waals surface area contributed by atoms with Gasteiger partial charge in [0.1, 0.15) is 11.3 Å². The standard InChI is InChI=1S/C15H11N4O/c1-18-12-7-16-6-4-10(12)13-15(18)20-14-9-3-2-5-17-11(9)8-19(13)14/h2-7H,8H2,1H3/q+1/i1D3. The molecule has 0 saturated carbocycles. The largest absolute Gasteiger partial charge is 0.385 e. The molecule has 0 fully saturated rings. The van der Waals surface area contributed by atoms with Crippen LogP contribution in [0.25, 0.3) is 33.6 Å². The molecule has 4 aromatic heterocycles. The predicted octanol–water partition coefficient (Wildman–Crippen LogP) is 2.03. The van der Waals surface area contributed by atoms with Gasteiger partial charge in [0.2, 0.25) is 0 Å². The Kier molecular flexibility index (Phi) is 1.27. The fourth-order valence-electron chi connectivity index (χ4n) is 2.96. The van der Waals surface area contributed by atoms with E-state index in [1.54, 1.807) is 18.6 Å². The first kappa shape index (κ1) is 7.79. The monoisotopic (exact) mass is 266 g/mol. The van der Waals surface area contributed by atoms with Gasteiger partial charge in [-0.05, 0) is 18.2 Å². The maximum Gasteiger partial charge on any atom is 0.385 e. The number of aryl methyl sites for hydroxylation is 1. The van der Waals surface area contributed by atoms with Crippen molar-refractivity contribution in [3.8, 4) is 11.5 Å². The Morgan fingerprint density at radius 1 is 1.40 bits per heavy atom. The van der Waals surface area contributed by atoms with Gasteiger partial charge in [-0.3, -0.25) is 9.97 Å². The number of hydrogen-bond donors (Lipinski definition) is 0. The third-order valence-corrected chi connectivity index (χ3v) is 3.84. The summed E-state index contributed by atoms with van der Waals surface area (Å²) in [4.78, 5) is 8.44. The Labute approximate surface area is 118 Å². The Bertz CT molecular complexity index is 1090. The van der Waals surface area contributed by atoms with Gasteiger partial charge in [0.15, 0.2) is 6.54 Å². The van der Waals surface area contributed by atoms with Gasteiger partial charge in [0.25, 0.3) is 11.2 Å². The van der Waals surface area contributed by atoms with Crippen LogP contribution in [0, 0.1) is 0 Å². The molecule has 1 aliphatic rings. The van der Waals surface area contributed by atoms with E-state index in [1.165, 1.54) is 4.57 Å². The average molecular weight is 266 g/mol. The fraction of sp³-hybridized carbons (Fsp3) is 0.133. The topological polar surface area (TPSA) is 47.7 Å². The number of fused-ring (bicyclic) bond motifs is 7. The third kappa shape index (κ3) is 1.02. The van der Waals surface area contributed by atoms with Gasteiger partial charge >= 0.3 is 5.89 Å². The summed E-state index contributed by atoms with van der Waals surface area (Å²) in [5.41, 5.74) is 3.49. The zero-order chi connectivity index (χ0) is 15.8. The van der Waals surface area contributed by atoms with E-state index in [1.807, 2.05) is 22.8 Å². The van der Waals surface area contributed by atoms with Crippen molar-refractivity contribution in [3.05, 3.63) is 42.5 Å². The van der Waals surface area contributed by atoms with Gasteiger partial charge < -0.3 is 8.98 Å². The van der Waals surface area contributed by atoms with Crippen LogP contribution in [0.5, 0.6) is 0 Å². The molecule has 0 bridgehead atoms. The Hall–Kier alpha value is -2.69. The molecular formula is C15H11N4O+. The van der Waals surface area contributed by atoms with Crippen molar-refractivity contribution in [3.63, 3.8) is 0 Å². The van der Waals surface area contributed by atoms with Crippen LogP contribution in [0.3, 0.4) is 0 Å². The Balaban J connectivity index is 1.96. The summed E-state index contributed by atoms with van der Waals surface area (Å²) in [7, 11) is 0. The molecule has 4 aromatic rings. The molecule has 1 aliphatic heterocycles. The highest BCUT2D eigenvalue weighted by Crippen LogP contribution is 2.34. The SMILES string of the molecule is [2H]C([2H])([2H])n1c2cnccc2c2c1oc1[n+]2Cc2ncccc2-1. The number of oxazole rings is 1. The molecule has 0 amide bonds. The highest BCUT2D eigenvalue weighted by molar-refractivity contribution is 6.02. The second-order valence-corrected chi connectivity index (χ2v) is 4.87. The van der Waals surface area contributed by atoms with E-state index in [-0.39, 0.29) is 0 Å². The first-order chi connectivity index (χ1) is 11.1. The fourth-order valence-corrected chi connectivity index (χ4v) is 2.96. The minimum Gasteiger partial charge on any atom is -0.380 e. The summed E-state index contributed by atoms with van der Waals surface area (Å²) in [5, 5.41) is 0.814. The molecule has 5 rings (SSSR count). The summed E-state index contributed by atoms with van der Waals surface area (Å²) in [6.45, 7) is -1.77. The van der Waals surface area contributed by atoms with Gasteiger partial charge in [-0.15, -0.1) is 4.57 Å². The van der Waals surface area contributed by atoms with E-state index in [0.717, 1.165) is 22.2 Å². The maximum atomic E-state index is 7.84. The lowest BCUT2D eigenvalue weighted by Crippen LogP contribution is -2.30. The summed E-state index contributed by atoms with van der Waals surface area (Å²) < 4.78 is 32.7. The van der Waals surface area contributed by atoms with Gasteiger partial charge in [-0.1, -0.05) is 0 Å². The lowest BCUT2D eigenvalue weighted by atomic mass is 10.2. The zero-order valence-electron chi connectivity index (χ0n) is 13.4. The second-order valence-electron chi connectivity index (χ2n) is 4.87. The van der Waals surface area contributed by atoms with Crippen LogP contribution in [-0.2, 0) is 13.5 Å². The number of rotatable bonds is 0. The molecule has 0 N–H and O–H groups in total. The molecule has 5 heteroatoms. The number of hydrogen-bond acceptors (Lipinski definition) is 3.